The van der Waals surface area contributed by atoms with Gasteiger partial charge in [-0.15, -0.1) is 16.6 Å². The molecule has 0 saturated heterocycles. The number of aromatic nitrogens is 3. The number of nitrogens with zero attached hydrogens (tertiary/aromatic N) is 3. The van der Waals surface area contributed by atoms with E-state index in [1.54, 1.807) is 14.0 Å². The van der Waals surface area contributed by atoms with Crippen molar-refractivity contribution in [3.05, 3.63) is 24.3 Å². The van der Waals surface area contributed by atoms with Crippen molar-refractivity contribution in [3.8, 4) is 29.5 Å². The van der Waals surface area contributed by atoms with Crippen LogP contribution in [0.1, 0.15) is 6.92 Å². The van der Waals surface area contributed by atoms with E-state index < -0.39 is 0 Å². The first-order chi connectivity index (χ1) is 11.1. The molecule has 1 aromatic heterocycles. The summed E-state index contributed by atoms with van der Waals surface area (Å²) in [6.45, 7) is 2.03. The van der Waals surface area contributed by atoms with Crippen LogP contribution in [0.2, 0.25) is 0 Å². The van der Waals surface area contributed by atoms with Crippen molar-refractivity contribution < 1.29 is 9.53 Å². The van der Waals surface area contributed by atoms with Crippen LogP contribution in [0.25, 0.3) is 11.4 Å². The van der Waals surface area contributed by atoms with Crippen molar-refractivity contribution in [1.29, 1.82) is 0 Å². The summed E-state index contributed by atoms with van der Waals surface area (Å²) in [6, 6.07) is 7.57. The molecule has 0 bridgehead atoms. The number of hydrogen-bond acceptors (Lipinski definition) is 5. The molecule has 0 aliphatic heterocycles. The number of amides is 1. The number of carbonyl (C=O) groups is 1. The van der Waals surface area contributed by atoms with Crippen molar-refractivity contribution in [2.24, 2.45) is 7.05 Å². The molecule has 1 aromatic carbocycles. The summed E-state index contributed by atoms with van der Waals surface area (Å²) in [7, 11) is 3.49. The van der Waals surface area contributed by atoms with Gasteiger partial charge in [-0.2, -0.15) is 0 Å². The van der Waals surface area contributed by atoms with Gasteiger partial charge in [0.25, 0.3) is 0 Å². The zero-order valence-electron chi connectivity index (χ0n) is 13.2. The van der Waals surface area contributed by atoms with Crippen LogP contribution in [0, 0.1) is 12.3 Å². The average Bonchev–Trinajstić information content (AvgIpc) is 2.93. The van der Waals surface area contributed by atoms with E-state index in [-0.39, 0.29) is 17.7 Å². The third-order valence-corrected chi connectivity index (χ3v) is 4.33. The number of ether oxygens (including phenoxy) is 1. The Bertz CT molecular complexity index is 719. The molecule has 0 aliphatic rings. The predicted molar refractivity (Wildman–Crippen MR) is 90.2 cm³/mol. The molecule has 1 N–H and O–H groups in total. The van der Waals surface area contributed by atoms with Gasteiger partial charge in [0.15, 0.2) is 11.0 Å². The molecule has 0 radical (unpaired) electrons. The highest BCUT2D eigenvalue weighted by Gasteiger charge is 2.18. The van der Waals surface area contributed by atoms with E-state index in [9.17, 15) is 4.79 Å². The van der Waals surface area contributed by atoms with Crippen LogP contribution < -0.4 is 10.1 Å². The van der Waals surface area contributed by atoms with E-state index >= 15 is 0 Å². The molecule has 1 unspecified atom stereocenters. The van der Waals surface area contributed by atoms with E-state index in [1.807, 2.05) is 35.9 Å². The minimum atomic E-state index is -0.310. The Balaban J connectivity index is 2.12. The van der Waals surface area contributed by atoms with Gasteiger partial charge in [-0.25, -0.2) is 0 Å². The van der Waals surface area contributed by atoms with E-state index in [0.29, 0.717) is 5.16 Å². The Labute approximate surface area is 139 Å². The summed E-state index contributed by atoms with van der Waals surface area (Å²) in [4.78, 5) is 11.9. The van der Waals surface area contributed by atoms with Gasteiger partial charge in [-0.1, -0.05) is 17.7 Å². The summed E-state index contributed by atoms with van der Waals surface area (Å²) in [5.41, 5.74) is 0.928. The number of rotatable bonds is 6. The topological polar surface area (TPSA) is 69.0 Å². The highest BCUT2D eigenvalue weighted by Crippen LogP contribution is 2.26. The maximum absolute atomic E-state index is 11.9. The smallest absolute Gasteiger partial charge is 0.234 e. The SMILES string of the molecule is C#CCNC(=O)C(C)Sc1nnc(-c2ccc(OC)cc2)n1C. The molecule has 0 aliphatic carbocycles. The first kappa shape index (κ1) is 16.9. The number of thioether (sulfide) groups is 1. The van der Waals surface area contributed by atoms with E-state index in [2.05, 4.69) is 21.4 Å². The third kappa shape index (κ3) is 4.05. The molecule has 0 spiro atoms. The fourth-order valence-electron chi connectivity index (χ4n) is 1.90. The third-order valence-electron chi connectivity index (χ3n) is 3.20. The van der Waals surface area contributed by atoms with E-state index in [1.165, 1.54) is 11.8 Å². The fourth-order valence-corrected chi connectivity index (χ4v) is 2.74. The maximum Gasteiger partial charge on any atom is 0.234 e. The standard InChI is InChI=1S/C16H18N4O2S/c1-5-10-17-15(21)11(2)23-16-19-18-14(20(16)3)12-6-8-13(22-4)9-7-12/h1,6-9,11H,10H2,2-4H3,(H,17,21). The number of nitrogens with one attached hydrogen (secondary N) is 1. The van der Waals surface area contributed by atoms with Gasteiger partial charge in [-0.3, -0.25) is 4.79 Å². The van der Waals surface area contributed by atoms with Crippen molar-refractivity contribution >= 4 is 17.7 Å². The van der Waals surface area contributed by atoms with Crippen molar-refractivity contribution in [2.75, 3.05) is 13.7 Å². The quantitative estimate of drug-likeness (QED) is 0.645. The molecule has 7 heteroatoms. The first-order valence-corrected chi connectivity index (χ1v) is 7.86. The Morgan fingerprint density at radius 3 is 2.74 bits per heavy atom. The Hall–Kier alpha value is -2.46. The first-order valence-electron chi connectivity index (χ1n) is 6.98. The van der Waals surface area contributed by atoms with Crippen LogP contribution in [-0.2, 0) is 11.8 Å². The molecule has 1 atom stereocenters. The molecule has 1 amide bonds. The number of carbonyl (C=O) groups excluding carboxylic acids is 1. The van der Waals surface area contributed by atoms with Gasteiger partial charge in [-0.05, 0) is 31.2 Å². The van der Waals surface area contributed by atoms with Crippen LogP contribution in [0.5, 0.6) is 5.75 Å². The van der Waals surface area contributed by atoms with Crippen LogP contribution in [0.4, 0.5) is 0 Å². The highest BCUT2D eigenvalue weighted by molar-refractivity contribution is 8.00. The Kier molecular flexibility index (Phi) is 5.66. The lowest BCUT2D eigenvalue weighted by atomic mass is 10.2. The lowest BCUT2D eigenvalue weighted by Gasteiger charge is -2.10. The van der Waals surface area contributed by atoms with Gasteiger partial charge in [0.05, 0.1) is 18.9 Å². The minimum absolute atomic E-state index is 0.123. The predicted octanol–water partition coefficient (Wildman–Crippen LogP) is 1.72. The van der Waals surface area contributed by atoms with Crippen LogP contribution in [0.3, 0.4) is 0 Å². The van der Waals surface area contributed by atoms with Crippen molar-refractivity contribution in [1.82, 2.24) is 20.1 Å². The minimum Gasteiger partial charge on any atom is -0.497 e. The zero-order valence-corrected chi connectivity index (χ0v) is 14.1. The number of benzene rings is 1. The van der Waals surface area contributed by atoms with Crippen LogP contribution in [0.15, 0.2) is 29.4 Å². The van der Waals surface area contributed by atoms with Crippen LogP contribution in [-0.4, -0.2) is 39.6 Å². The van der Waals surface area contributed by atoms with Gasteiger partial charge in [0, 0.05) is 12.6 Å². The molecule has 0 fully saturated rings. The summed E-state index contributed by atoms with van der Waals surface area (Å²) >= 11 is 1.34. The van der Waals surface area contributed by atoms with Crippen molar-refractivity contribution in [2.45, 2.75) is 17.3 Å². The highest BCUT2D eigenvalue weighted by atomic mass is 32.2. The lowest BCUT2D eigenvalue weighted by molar-refractivity contribution is -0.120. The molecule has 2 rings (SSSR count). The lowest BCUT2D eigenvalue weighted by Crippen LogP contribution is -2.31. The molecular weight excluding hydrogens is 312 g/mol. The molecule has 0 saturated carbocycles. The number of methoxy groups -OCH3 is 1. The summed E-state index contributed by atoms with van der Waals surface area (Å²) in [5, 5.41) is 11.4. The fraction of sp³-hybridized carbons (Fsp3) is 0.312. The molecule has 120 valence electrons. The summed E-state index contributed by atoms with van der Waals surface area (Å²) < 4.78 is 7.00. The van der Waals surface area contributed by atoms with E-state index in [4.69, 9.17) is 11.2 Å². The number of terminal acetylenes is 1. The normalized spacial score (nSPS) is 11.6. The maximum atomic E-state index is 11.9. The van der Waals surface area contributed by atoms with Gasteiger partial charge in [0.1, 0.15) is 5.75 Å². The molecule has 1 heterocycles. The van der Waals surface area contributed by atoms with Crippen LogP contribution >= 0.6 is 11.8 Å². The van der Waals surface area contributed by atoms with Gasteiger partial charge < -0.3 is 14.6 Å². The largest absolute Gasteiger partial charge is 0.497 e. The average molecular weight is 330 g/mol. The molecule has 2 aromatic rings. The monoisotopic (exact) mass is 330 g/mol. The van der Waals surface area contributed by atoms with Gasteiger partial charge >= 0.3 is 0 Å². The second-order valence-corrected chi connectivity index (χ2v) is 6.08. The molecule has 6 nitrogen and oxygen atoms in total. The Morgan fingerprint density at radius 2 is 2.13 bits per heavy atom. The van der Waals surface area contributed by atoms with Gasteiger partial charge in [0.2, 0.25) is 5.91 Å². The van der Waals surface area contributed by atoms with Crippen molar-refractivity contribution in [3.63, 3.8) is 0 Å². The second-order valence-electron chi connectivity index (χ2n) is 4.78. The number of hydrogen-bond donors (Lipinski definition) is 1. The summed E-state index contributed by atoms with van der Waals surface area (Å²) in [5.74, 6) is 3.77. The molecule has 23 heavy (non-hydrogen) atoms. The Morgan fingerprint density at radius 1 is 1.43 bits per heavy atom. The second kappa shape index (κ2) is 7.70. The zero-order chi connectivity index (χ0) is 16.8. The molecular formula is C16H18N4O2S. The summed E-state index contributed by atoms with van der Waals surface area (Å²) in [6.07, 6.45) is 5.14. The van der Waals surface area contributed by atoms with E-state index in [0.717, 1.165) is 17.1 Å².